The molecule has 0 saturated carbocycles. The lowest BCUT2D eigenvalue weighted by Crippen LogP contribution is -2.26. The Morgan fingerprint density at radius 2 is 2.27 bits per heavy atom. The second-order valence-corrected chi connectivity index (χ2v) is 5.72. The Balaban J connectivity index is 2.18. The molecule has 0 aliphatic carbocycles. The Hall–Kier alpha value is -2.22. The number of nitro benzene ring substituents is 1. The number of hydrogen-bond acceptors (Lipinski definition) is 4. The van der Waals surface area contributed by atoms with Gasteiger partial charge in [0.15, 0.2) is 0 Å². The molecule has 1 aromatic carbocycles. The van der Waals surface area contributed by atoms with Gasteiger partial charge in [-0.2, -0.15) is 5.10 Å². The molecule has 0 aliphatic rings. The second-order valence-electron chi connectivity index (χ2n) is 4.81. The van der Waals surface area contributed by atoms with E-state index < -0.39 is 11.0 Å². The number of carbonyl (C=O) groups excluding carboxylic acids is 1. The van der Waals surface area contributed by atoms with Crippen LogP contribution in [0, 0.1) is 17.0 Å². The van der Waals surface area contributed by atoms with E-state index in [0.717, 1.165) is 4.47 Å². The Kier molecular flexibility index (Phi) is 4.92. The van der Waals surface area contributed by atoms with Crippen molar-refractivity contribution in [3.05, 3.63) is 50.7 Å². The number of carbonyl (C=O) groups is 1. The third-order valence-corrected chi connectivity index (χ3v) is 3.67. The van der Waals surface area contributed by atoms with Crippen molar-refractivity contribution in [2.75, 3.05) is 5.32 Å². The van der Waals surface area contributed by atoms with Crippen LogP contribution in [0.5, 0.6) is 0 Å². The van der Waals surface area contributed by atoms with Crippen LogP contribution in [0.25, 0.3) is 0 Å². The van der Waals surface area contributed by atoms with Gasteiger partial charge in [-0.25, -0.2) is 0 Å². The Morgan fingerprint density at radius 1 is 1.55 bits per heavy atom. The van der Waals surface area contributed by atoms with E-state index >= 15 is 0 Å². The number of nitrogens with zero attached hydrogens (tertiary/aromatic N) is 3. The maximum atomic E-state index is 12.4. The molecule has 1 unspecified atom stereocenters. The van der Waals surface area contributed by atoms with Gasteiger partial charge in [-0.3, -0.25) is 19.6 Å². The molecule has 1 N–H and O–H groups in total. The Morgan fingerprint density at radius 3 is 2.77 bits per heavy atom. The zero-order chi connectivity index (χ0) is 16.3. The number of hydrogen-bond donors (Lipinski definition) is 1. The van der Waals surface area contributed by atoms with Gasteiger partial charge in [0.2, 0.25) is 5.91 Å². The molecule has 1 amide bonds. The van der Waals surface area contributed by atoms with E-state index in [4.69, 9.17) is 0 Å². The molecule has 0 fully saturated rings. The van der Waals surface area contributed by atoms with Crippen LogP contribution in [-0.4, -0.2) is 20.6 Å². The summed E-state index contributed by atoms with van der Waals surface area (Å²) in [6.45, 7) is 3.61. The monoisotopic (exact) mass is 366 g/mol. The van der Waals surface area contributed by atoms with Crippen LogP contribution in [0.4, 0.5) is 11.4 Å². The third kappa shape index (κ3) is 3.51. The lowest BCUT2D eigenvalue weighted by Gasteiger charge is -2.16. The quantitative estimate of drug-likeness (QED) is 0.647. The first kappa shape index (κ1) is 16.2. The van der Waals surface area contributed by atoms with Gasteiger partial charge >= 0.3 is 0 Å². The smallest absolute Gasteiger partial charge is 0.269 e. The average Bonchev–Trinajstić information content (AvgIpc) is 2.88. The van der Waals surface area contributed by atoms with Gasteiger partial charge in [0.1, 0.15) is 6.04 Å². The van der Waals surface area contributed by atoms with Crippen LogP contribution in [0.15, 0.2) is 35.1 Å². The average molecular weight is 367 g/mol. The minimum Gasteiger partial charge on any atom is -0.324 e. The topological polar surface area (TPSA) is 90.1 Å². The van der Waals surface area contributed by atoms with Crippen LogP contribution in [0.1, 0.15) is 24.9 Å². The van der Waals surface area contributed by atoms with E-state index in [1.807, 2.05) is 6.92 Å². The maximum absolute atomic E-state index is 12.4. The molecule has 0 bridgehead atoms. The molecule has 0 spiro atoms. The van der Waals surface area contributed by atoms with Crippen molar-refractivity contribution < 1.29 is 9.72 Å². The largest absolute Gasteiger partial charge is 0.324 e. The molecular formula is C14H15BrN4O3. The number of amides is 1. The highest BCUT2D eigenvalue weighted by Crippen LogP contribution is 2.23. The fourth-order valence-electron chi connectivity index (χ4n) is 2.10. The molecule has 1 heterocycles. The van der Waals surface area contributed by atoms with Crippen LogP contribution in [0.2, 0.25) is 0 Å². The Labute approximate surface area is 135 Å². The molecule has 1 atom stereocenters. The van der Waals surface area contributed by atoms with Gasteiger partial charge in [0, 0.05) is 24.0 Å². The molecule has 0 radical (unpaired) electrons. The number of rotatable bonds is 5. The van der Waals surface area contributed by atoms with E-state index in [9.17, 15) is 14.9 Å². The summed E-state index contributed by atoms with van der Waals surface area (Å²) in [4.78, 5) is 22.7. The molecule has 2 rings (SSSR count). The zero-order valence-electron chi connectivity index (χ0n) is 12.1. The minimum absolute atomic E-state index is 0.00135. The van der Waals surface area contributed by atoms with Crippen molar-refractivity contribution in [3.63, 3.8) is 0 Å². The van der Waals surface area contributed by atoms with E-state index in [1.54, 1.807) is 24.0 Å². The first-order chi connectivity index (χ1) is 10.4. The van der Waals surface area contributed by atoms with Gasteiger partial charge in [0.25, 0.3) is 5.69 Å². The summed E-state index contributed by atoms with van der Waals surface area (Å²) < 4.78 is 2.38. The molecule has 1 aromatic heterocycles. The predicted octanol–water partition coefficient (Wildman–Crippen LogP) is 3.45. The van der Waals surface area contributed by atoms with Gasteiger partial charge in [-0.1, -0.05) is 6.92 Å². The van der Waals surface area contributed by atoms with Crippen molar-refractivity contribution in [2.45, 2.75) is 26.3 Å². The summed E-state index contributed by atoms with van der Waals surface area (Å²) in [5.74, 6) is -0.213. The number of halogens is 1. The maximum Gasteiger partial charge on any atom is 0.269 e. The number of nitrogens with one attached hydrogen (secondary N) is 1. The van der Waals surface area contributed by atoms with Crippen molar-refractivity contribution in [2.24, 2.45) is 0 Å². The first-order valence-electron chi connectivity index (χ1n) is 6.68. The molecule has 116 valence electrons. The fourth-order valence-corrected chi connectivity index (χ4v) is 2.40. The molecular weight excluding hydrogens is 352 g/mol. The van der Waals surface area contributed by atoms with E-state index in [-0.39, 0.29) is 11.6 Å². The van der Waals surface area contributed by atoms with Crippen LogP contribution in [-0.2, 0) is 4.79 Å². The van der Waals surface area contributed by atoms with Crippen molar-refractivity contribution in [1.82, 2.24) is 9.78 Å². The predicted molar refractivity (Wildman–Crippen MR) is 85.7 cm³/mol. The van der Waals surface area contributed by atoms with Crippen molar-refractivity contribution >= 4 is 33.2 Å². The van der Waals surface area contributed by atoms with Gasteiger partial charge < -0.3 is 5.32 Å². The summed E-state index contributed by atoms with van der Waals surface area (Å²) >= 11 is 3.30. The summed E-state index contributed by atoms with van der Waals surface area (Å²) in [6, 6.07) is 3.90. The standard InChI is InChI=1S/C14H15BrN4O3/c1-3-13(18-8-10(15)7-16-18)14(20)17-12-5-4-11(19(21)22)6-9(12)2/h4-8,13H,3H2,1-2H3,(H,17,20). The van der Waals surface area contributed by atoms with E-state index in [2.05, 4.69) is 26.3 Å². The SMILES string of the molecule is CCC(C(=O)Nc1ccc([N+](=O)[O-])cc1C)n1cc(Br)cn1. The van der Waals surface area contributed by atoms with Gasteiger partial charge in [0.05, 0.1) is 15.6 Å². The minimum atomic E-state index is -0.464. The van der Waals surface area contributed by atoms with E-state index in [1.165, 1.54) is 18.2 Å². The molecule has 2 aromatic rings. The number of non-ortho nitro benzene ring substituents is 1. The summed E-state index contributed by atoms with van der Waals surface area (Å²) in [7, 11) is 0. The number of nitro groups is 1. The Bertz CT molecular complexity index is 714. The highest BCUT2D eigenvalue weighted by Gasteiger charge is 2.20. The lowest BCUT2D eigenvalue weighted by molar-refractivity contribution is -0.384. The zero-order valence-corrected chi connectivity index (χ0v) is 13.7. The van der Waals surface area contributed by atoms with Gasteiger partial charge in [-0.15, -0.1) is 0 Å². The highest BCUT2D eigenvalue weighted by molar-refractivity contribution is 9.10. The van der Waals surface area contributed by atoms with Crippen LogP contribution < -0.4 is 5.32 Å². The fraction of sp³-hybridized carbons (Fsp3) is 0.286. The number of anilines is 1. The molecule has 0 aliphatic heterocycles. The highest BCUT2D eigenvalue weighted by atomic mass is 79.9. The van der Waals surface area contributed by atoms with Crippen LogP contribution in [0.3, 0.4) is 0 Å². The second kappa shape index (κ2) is 6.69. The summed E-state index contributed by atoms with van der Waals surface area (Å²) in [5, 5.41) is 17.7. The summed E-state index contributed by atoms with van der Waals surface area (Å²) in [6.07, 6.45) is 3.93. The first-order valence-corrected chi connectivity index (χ1v) is 7.47. The lowest BCUT2D eigenvalue weighted by atomic mass is 10.1. The molecule has 22 heavy (non-hydrogen) atoms. The van der Waals surface area contributed by atoms with Crippen molar-refractivity contribution in [3.8, 4) is 0 Å². The number of aryl methyl sites for hydroxylation is 1. The molecule has 8 heteroatoms. The number of aromatic nitrogens is 2. The normalized spacial score (nSPS) is 12.0. The molecule has 0 saturated heterocycles. The van der Waals surface area contributed by atoms with Crippen LogP contribution >= 0.6 is 15.9 Å². The third-order valence-electron chi connectivity index (χ3n) is 3.26. The van der Waals surface area contributed by atoms with E-state index in [0.29, 0.717) is 17.7 Å². The molecule has 7 nitrogen and oxygen atoms in total. The number of benzene rings is 1. The van der Waals surface area contributed by atoms with Crippen molar-refractivity contribution in [1.29, 1.82) is 0 Å². The summed E-state index contributed by atoms with van der Waals surface area (Å²) in [5.41, 5.74) is 1.19. The van der Waals surface area contributed by atoms with Gasteiger partial charge in [-0.05, 0) is 40.9 Å².